The zero-order valence-corrected chi connectivity index (χ0v) is 10.7. The number of rotatable bonds is 3. The predicted molar refractivity (Wildman–Crippen MR) is 73.5 cm³/mol. The highest BCUT2D eigenvalue weighted by Gasteiger charge is 2.25. The molecule has 1 atom stereocenters. The SMILES string of the molecule is OC(c1ccccc1F)c1ccccc1C1CCC1. The van der Waals surface area contributed by atoms with Crippen LogP contribution in [0.1, 0.15) is 48.0 Å². The van der Waals surface area contributed by atoms with E-state index in [0.29, 0.717) is 11.5 Å². The molecule has 1 unspecified atom stereocenters. The van der Waals surface area contributed by atoms with Crippen molar-refractivity contribution in [2.45, 2.75) is 31.3 Å². The number of hydrogen-bond acceptors (Lipinski definition) is 1. The first-order valence-electron chi connectivity index (χ1n) is 6.78. The molecule has 0 aromatic heterocycles. The van der Waals surface area contributed by atoms with Crippen LogP contribution >= 0.6 is 0 Å². The third kappa shape index (κ3) is 2.28. The average Bonchev–Trinajstić information content (AvgIpc) is 2.37. The van der Waals surface area contributed by atoms with Gasteiger partial charge in [0.25, 0.3) is 0 Å². The maximum atomic E-state index is 13.8. The Morgan fingerprint density at radius 3 is 2.21 bits per heavy atom. The predicted octanol–water partition coefficient (Wildman–Crippen LogP) is 4.17. The summed E-state index contributed by atoms with van der Waals surface area (Å²) < 4.78 is 13.8. The second-order valence-corrected chi connectivity index (χ2v) is 5.18. The minimum absolute atomic E-state index is 0.349. The zero-order valence-electron chi connectivity index (χ0n) is 10.7. The Morgan fingerprint density at radius 2 is 1.58 bits per heavy atom. The van der Waals surface area contributed by atoms with Gasteiger partial charge in [-0.15, -0.1) is 0 Å². The van der Waals surface area contributed by atoms with Gasteiger partial charge in [0.1, 0.15) is 11.9 Å². The third-order valence-electron chi connectivity index (χ3n) is 4.04. The van der Waals surface area contributed by atoms with Crippen molar-refractivity contribution in [3.8, 4) is 0 Å². The molecule has 3 rings (SSSR count). The summed E-state index contributed by atoms with van der Waals surface area (Å²) in [6.45, 7) is 0. The lowest BCUT2D eigenvalue weighted by molar-refractivity contribution is 0.212. The zero-order chi connectivity index (χ0) is 13.2. The molecular weight excluding hydrogens is 239 g/mol. The summed E-state index contributed by atoms with van der Waals surface area (Å²) >= 11 is 0. The normalized spacial score (nSPS) is 16.9. The first-order valence-corrected chi connectivity index (χ1v) is 6.78. The van der Waals surface area contributed by atoms with Gasteiger partial charge in [0.15, 0.2) is 0 Å². The minimum Gasteiger partial charge on any atom is -0.384 e. The quantitative estimate of drug-likeness (QED) is 0.873. The molecule has 2 aromatic carbocycles. The first-order chi connectivity index (χ1) is 9.27. The van der Waals surface area contributed by atoms with E-state index < -0.39 is 6.10 Å². The van der Waals surface area contributed by atoms with Gasteiger partial charge in [-0.05, 0) is 36.0 Å². The van der Waals surface area contributed by atoms with Gasteiger partial charge in [0.05, 0.1) is 0 Å². The molecule has 0 saturated heterocycles. The van der Waals surface area contributed by atoms with Crippen LogP contribution in [0.15, 0.2) is 48.5 Å². The fraction of sp³-hybridized carbons (Fsp3) is 0.294. The highest BCUT2D eigenvalue weighted by Crippen LogP contribution is 2.40. The van der Waals surface area contributed by atoms with Crippen molar-refractivity contribution in [3.63, 3.8) is 0 Å². The minimum atomic E-state index is -0.877. The van der Waals surface area contributed by atoms with Crippen molar-refractivity contribution < 1.29 is 9.50 Å². The summed E-state index contributed by atoms with van der Waals surface area (Å²) in [6.07, 6.45) is 2.70. The molecule has 0 amide bonds. The van der Waals surface area contributed by atoms with Gasteiger partial charge in [-0.1, -0.05) is 48.9 Å². The summed E-state index contributed by atoms with van der Waals surface area (Å²) in [4.78, 5) is 0. The molecule has 1 N–H and O–H groups in total. The summed E-state index contributed by atoms with van der Waals surface area (Å²) in [5, 5.41) is 10.5. The van der Waals surface area contributed by atoms with Gasteiger partial charge in [-0.25, -0.2) is 4.39 Å². The number of aliphatic hydroxyl groups is 1. The molecule has 19 heavy (non-hydrogen) atoms. The van der Waals surface area contributed by atoms with Crippen LogP contribution in [0.5, 0.6) is 0 Å². The van der Waals surface area contributed by atoms with Crippen LogP contribution in [-0.2, 0) is 0 Å². The van der Waals surface area contributed by atoms with E-state index in [1.165, 1.54) is 30.9 Å². The van der Waals surface area contributed by atoms with Crippen molar-refractivity contribution in [2.24, 2.45) is 0 Å². The smallest absolute Gasteiger partial charge is 0.129 e. The topological polar surface area (TPSA) is 20.2 Å². The van der Waals surface area contributed by atoms with Crippen molar-refractivity contribution in [1.82, 2.24) is 0 Å². The van der Waals surface area contributed by atoms with E-state index in [1.807, 2.05) is 18.2 Å². The second kappa shape index (κ2) is 5.14. The van der Waals surface area contributed by atoms with Gasteiger partial charge >= 0.3 is 0 Å². The number of hydrogen-bond donors (Lipinski definition) is 1. The van der Waals surface area contributed by atoms with E-state index in [4.69, 9.17) is 0 Å². The van der Waals surface area contributed by atoms with E-state index in [1.54, 1.807) is 18.2 Å². The Labute approximate surface area is 112 Å². The highest BCUT2D eigenvalue weighted by molar-refractivity contribution is 5.39. The van der Waals surface area contributed by atoms with E-state index in [-0.39, 0.29) is 5.82 Å². The maximum Gasteiger partial charge on any atom is 0.129 e. The van der Waals surface area contributed by atoms with Gasteiger partial charge < -0.3 is 5.11 Å². The van der Waals surface area contributed by atoms with Crippen molar-refractivity contribution in [1.29, 1.82) is 0 Å². The van der Waals surface area contributed by atoms with Crippen molar-refractivity contribution in [3.05, 3.63) is 71.0 Å². The Hall–Kier alpha value is -1.67. The van der Waals surface area contributed by atoms with Crippen LogP contribution in [0.2, 0.25) is 0 Å². The van der Waals surface area contributed by atoms with Crippen LogP contribution in [0.4, 0.5) is 4.39 Å². The summed E-state index contributed by atoms with van der Waals surface area (Å²) in [5.74, 6) is 0.177. The van der Waals surface area contributed by atoms with Crippen molar-refractivity contribution >= 4 is 0 Å². The van der Waals surface area contributed by atoms with Crippen LogP contribution in [0.3, 0.4) is 0 Å². The molecular formula is C17H17FO. The lowest BCUT2D eigenvalue weighted by Gasteiger charge is -2.29. The molecule has 1 fully saturated rings. The van der Waals surface area contributed by atoms with Gasteiger partial charge in [0, 0.05) is 5.56 Å². The molecule has 0 heterocycles. The number of halogens is 1. The monoisotopic (exact) mass is 256 g/mol. The van der Waals surface area contributed by atoms with Gasteiger partial charge in [0.2, 0.25) is 0 Å². The van der Waals surface area contributed by atoms with Crippen LogP contribution in [0, 0.1) is 5.82 Å². The Balaban J connectivity index is 2.00. The Morgan fingerprint density at radius 1 is 0.947 bits per heavy atom. The molecule has 2 heteroatoms. The standard InChI is InChI=1S/C17H17FO/c18-16-11-4-3-10-15(16)17(19)14-9-2-1-8-13(14)12-6-5-7-12/h1-4,8-12,17,19H,5-7H2. The molecule has 98 valence electrons. The Kier molecular flexibility index (Phi) is 3.34. The van der Waals surface area contributed by atoms with E-state index in [2.05, 4.69) is 6.07 Å². The number of benzene rings is 2. The molecule has 1 saturated carbocycles. The van der Waals surface area contributed by atoms with Crippen LogP contribution in [0.25, 0.3) is 0 Å². The molecule has 0 spiro atoms. The van der Waals surface area contributed by atoms with E-state index in [0.717, 1.165) is 5.56 Å². The molecule has 1 nitrogen and oxygen atoms in total. The molecule has 0 radical (unpaired) electrons. The van der Waals surface area contributed by atoms with E-state index in [9.17, 15) is 9.50 Å². The van der Waals surface area contributed by atoms with Gasteiger partial charge in [-0.3, -0.25) is 0 Å². The average molecular weight is 256 g/mol. The summed E-state index contributed by atoms with van der Waals surface area (Å²) in [5.41, 5.74) is 2.37. The first kappa shape index (κ1) is 12.4. The lowest BCUT2D eigenvalue weighted by atomic mass is 9.77. The molecule has 1 aliphatic rings. The molecule has 2 aromatic rings. The molecule has 0 bridgehead atoms. The summed E-state index contributed by atoms with van der Waals surface area (Å²) in [7, 11) is 0. The third-order valence-corrected chi connectivity index (χ3v) is 4.04. The Bertz CT molecular complexity index is 575. The molecule has 0 aliphatic heterocycles. The highest BCUT2D eigenvalue weighted by atomic mass is 19.1. The largest absolute Gasteiger partial charge is 0.384 e. The second-order valence-electron chi connectivity index (χ2n) is 5.18. The van der Waals surface area contributed by atoms with Crippen LogP contribution in [-0.4, -0.2) is 5.11 Å². The van der Waals surface area contributed by atoms with Gasteiger partial charge in [-0.2, -0.15) is 0 Å². The molecule has 1 aliphatic carbocycles. The number of aliphatic hydroxyl groups excluding tert-OH is 1. The fourth-order valence-corrected chi connectivity index (χ4v) is 2.72. The van der Waals surface area contributed by atoms with E-state index >= 15 is 0 Å². The summed E-state index contributed by atoms with van der Waals surface area (Å²) in [6, 6.07) is 14.3. The van der Waals surface area contributed by atoms with Crippen molar-refractivity contribution in [2.75, 3.05) is 0 Å². The lowest BCUT2D eigenvalue weighted by Crippen LogP contribution is -2.14. The fourth-order valence-electron chi connectivity index (χ4n) is 2.72. The van der Waals surface area contributed by atoms with Crippen LogP contribution < -0.4 is 0 Å². The maximum absolute atomic E-state index is 13.8.